The molecule has 1 aliphatic rings. The Morgan fingerprint density at radius 3 is 2.32 bits per heavy atom. The zero-order valence-corrected chi connectivity index (χ0v) is 18.3. The van der Waals surface area contributed by atoms with Gasteiger partial charge in [0.1, 0.15) is 0 Å². The molecular formula is C24H32N2OS. The molecule has 0 aromatic heterocycles. The zero-order valence-electron chi connectivity index (χ0n) is 17.4. The Hall–Kier alpha value is -1.78. The lowest BCUT2D eigenvalue weighted by molar-refractivity contribution is -0.118. The molecule has 0 radical (unpaired) electrons. The van der Waals surface area contributed by atoms with Crippen LogP contribution in [0.4, 0.5) is 5.69 Å². The SMILES string of the molecule is Cc1ccc(NC(=O)C(C)C)cc1C1CCN(C(C)c2ccc(S)cc2)CC1. The van der Waals surface area contributed by atoms with Crippen molar-refractivity contribution in [3.05, 3.63) is 59.2 Å². The molecule has 2 aromatic rings. The van der Waals surface area contributed by atoms with Gasteiger partial charge in [-0.1, -0.05) is 32.0 Å². The fourth-order valence-corrected chi connectivity index (χ4v) is 4.16. The summed E-state index contributed by atoms with van der Waals surface area (Å²) in [5.74, 6) is 0.621. The van der Waals surface area contributed by atoms with Crippen LogP contribution in [0.15, 0.2) is 47.4 Å². The standard InChI is InChI=1S/C24H32N2OS/c1-16(2)24(27)25-21-8-5-17(3)23(15-21)20-11-13-26(14-12-20)18(4)19-6-9-22(28)10-7-19/h5-10,15-16,18,20,28H,11-14H2,1-4H3,(H,25,27). The average Bonchev–Trinajstić information content (AvgIpc) is 2.69. The minimum atomic E-state index is -0.00824. The maximum atomic E-state index is 12.0. The Morgan fingerprint density at radius 2 is 1.71 bits per heavy atom. The molecule has 0 spiro atoms. The number of aryl methyl sites for hydroxylation is 1. The summed E-state index contributed by atoms with van der Waals surface area (Å²) in [5.41, 5.74) is 4.97. The van der Waals surface area contributed by atoms with Crippen molar-refractivity contribution in [3.8, 4) is 0 Å². The highest BCUT2D eigenvalue weighted by atomic mass is 32.1. The van der Waals surface area contributed by atoms with E-state index in [4.69, 9.17) is 0 Å². The maximum Gasteiger partial charge on any atom is 0.226 e. The molecule has 0 bridgehead atoms. The van der Waals surface area contributed by atoms with Crippen LogP contribution in [0, 0.1) is 12.8 Å². The second kappa shape index (κ2) is 9.15. The molecule has 1 atom stereocenters. The Balaban J connectivity index is 1.65. The molecule has 0 aliphatic carbocycles. The van der Waals surface area contributed by atoms with Crippen molar-refractivity contribution in [2.45, 2.75) is 57.4 Å². The third-order valence-corrected chi connectivity index (χ3v) is 6.26. The average molecular weight is 397 g/mol. The lowest BCUT2D eigenvalue weighted by atomic mass is 9.86. The van der Waals surface area contributed by atoms with E-state index in [0.29, 0.717) is 12.0 Å². The number of carbonyl (C=O) groups is 1. The van der Waals surface area contributed by atoms with Crippen LogP contribution in [0.1, 0.15) is 62.3 Å². The Bertz CT molecular complexity index is 808. The Kier molecular flexibility index (Phi) is 6.84. The molecule has 1 amide bonds. The zero-order chi connectivity index (χ0) is 20.3. The minimum absolute atomic E-state index is 0.00824. The van der Waals surface area contributed by atoms with Gasteiger partial charge < -0.3 is 5.32 Å². The van der Waals surface area contributed by atoms with Gasteiger partial charge >= 0.3 is 0 Å². The first-order chi connectivity index (χ1) is 13.3. The predicted molar refractivity (Wildman–Crippen MR) is 120 cm³/mol. The van der Waals surface area contributed by atoms with Crippen LogP contribution < -0.4 is 5.32 Å². The number of piperidine rings is 1. The van der Waals surface area contributed by atoms with Crippen LogP contribution in [-0.4, -0.2) is 23.9 Å². The lowest BCUT2D eigenvalue weighted by Crippen LogP contribution is -2.35. The molecule has 150 valence electrons. The molecule has 2 aromatic carbocycles. The molecule has 1 N–H and O–H groups in total. The number of likely N-dealkylation sites (tertiary alicyclic amines) is 1. The van der Waals surface area contributed by atoms with Crippen molar-refractivity contribution in [3.63, 3.8) is 0 Å². The molecule has 4 heteroatoms. The van der Waals surface area contributed by atoms with Crippen molar-refractivity contribution >= 4 is 24.2 Å². The molecule has 28 heavy (non-hydrogen) atoms. The van der Waals surface area contributed by atoms with Gasteiger partial charge in [0.2, 0.25) is 5.91 Å². The van der Waals surface area contributed by atoms with Crippen LogP contribution in [0.2, 0.25) is 0 Å². The molecular weight excluding hydrogens is 364 g/mol. The van der Waals surface area contributed by atoms with Crippen LogP contribution >= 0.6 is 12.6 Å². The van der Waals surface area contributed by atoms with Crippen molar-refractivity contribution in [1.29, 1.82) is 0 Å². The van der Waals surface area contributed by atoms with Gasteiger partial charge in [0.15, 0.2) is 0 Å². The van der Waals surface area contributed by atoms with E-state index in [-0.39, 0.29) is 11.8 Å². The van der Waals surface area contributed by atoms with Gasteiger partial charge in [-0.05, 0) is 86.7 Å². The van der Waals surface area contributed by atoms with Gasteiger partial charge in [0, 0.05) is 22.5 Å². The number of thiol groups is 1. The lowest BCUT2D eigenvalue weighted by Gasteiger charge is -2.37. The van der Waals surface area contributed by atoms with E-state index in [1.807, 2.05) is 19.9 Å². The van der Waals surface area contributed by atoms with Gasteiger partial charge in [-0.3, -0.25) is 9.69 Å². The summed E-state index contributed by atoms with van der Waals surface area (Å²) in [4.78, 5) is 15.6. The highest BCUT2D eigenvalue weighted by Crippen LogP contribution is 2.35. The highest BCUT2D eigenvalue weighted by molar-refractivity contribution is 7.80. The van der Waals surface area contributed by atoms with Crippen molar-refractivity contribution < 1.29 is 4.79 Å². The second-order valence-electron chi connectivity index (χ2n) is 8.29. The van der Waals surface area contributed by atoms with E-state index in [1.54, 1.807) is 0 Å². The third-order valence-electron chi connectivity index (χ3n) is 5.96. The quantitative estimate of drug-likeness (QED) is 0.624. The molecule has 3 rings (SSSR count). The number of rotatable bonds is 5. The molecule has 3 nitrogen and oxygen atoms in total. The van der Waals surface area contributed by atoms with Crippen molar-refractivity contribution in [1.82, 2.24) is 4.90 Å². The first-order valence-electron chi connectivity index (χ1n) is 10.3. The van der Waals surface area contributed by atoms with Gasteiger partial charge in [-0.15, -0.1) is 12.6 Å². The van der Waals surface area contributed by atoms with E-state index >= 15 is 0 Å². The summed E-state index contributed by atoms with van der Waals surface area (Å²) in [6.07, 6.45) is 2.30. The number of amides is 1. The third kappa shape index (κ3) is 4.98. The Labute approximate surface area is 174 Å². The van der Waals surface area contributed by atoms with Gasteiger partial charge in [-0.25, -0.2) is 0 Å². The monoisotopic (exact) mass is 396 g/mol. The molecule has 0 saturated carbocycles. The molecule has 1 unspecified atom stereocenters. The van der Waals surface area contributed by atoms with Crippen molar-refractivity contribution in [2.75, 3.05) is 18.4 Å². The first kappa shape index (κ1) is 20.9. The summed E-state index contributed by atoms with van der Waals surface area (Å²) in [6, 6.07) is 15.3. The van der Waals surface area contributed by atoms with Gasteiger partial charge in [-0.2, -0.15) is 0 Å². The molecule has 1 heterocycles. The molecule has 1 aliphatic heterocycles. The van der Waals surface area contributed by atoms with Gasteiger partial charge in [0.05, 0.1) is 0 Å². The number of nitrogens with one attached hydrogen (secondary N) is 1. The fraction of sp³-hybridized carbons (Fsp3) is 0.458. The smallest absolute Gasteiger partial charge is 0.226 e. The number of anilines is 1. The topological polar surface area (TPSA) is 32.3 Å². The summed E-state index contributed by atoms with van der Waals surface area (Å²) in [6.45, 7) is 10.5. The van der Waals surface area contributed by atoms with Gasteiger partial charge in [0.25, 0.3) is 0 Å². The Morgan fingerprint density at radius 1 is 1.07 bits per heavy atom. The van der Waals surface area contributed by atoms with Crippen LogP contribution in [0.5, 0.6) is 0 Å². The molecule has 1 fully saturated rings. The molecule has 1 saturated heterocycles. The second-order valence-corrected chi connectivity index (χ2v) is 8.81. The van der Waals surface area contributed by atoms with E-state index in [9.17, 15) is 4.79 Å². The van der Waals surface area contributed by atoms with Crippen LogP contribution in [0.3, 0.4) is 0 Å². The maximum absolute atomic E-state index is 12.0. The van der Waals surface area contributed by atoms with Crippen molar-refractivity contribution in [2.24, 2.45) is 5.92 Å². The number of nitrogens with zero attached hydrogens (tertiary/aromatic N) is 1. The van der Waals surface area contributed by atoms with E-state index in [0.717, 1.165) is 36.5 Å². The summed E-state index contributed by atoms with van der Waals surface area (Å²) in [5, 5.41) is 3.05. The minimum Gasteiger partial charge on any atom is -0.326 e. The van der Waals surface area contributed by atoms with E-state index in [1.165, 1.54) is 16.7 Å². The largest absolute Gasteiger partial charge is 0.326 e. The normalized spacial score (nSPS) is 16.9. The number of benzene rings is 2. The number of carbonyl (C=O) groups excluding carboxylic acids is 1. The first-order valence-corrected chi connectivity index (χ1v) is 10.7. The van der Waals surface area contributed by atoms with Crippen LogP contribution in [0.25, 0.3) is 0 Å². The summed E-state index contributed by atoms with van der Waals surface area (Å²) < 4.78 is 0. The predicted octanol–water partition coefficient (Wildman–Crippen LogP) is 5.82. The highest BCUT2D eigenvalue weighted by Gasteiger charge is 2.25. The summed E-state index contributed by atoms with van der Waals surface area (Å²) in [7, 11) is 0. The summed E-state index contributed by atoms with van der Waals surface area (Å²) >= 11 is 4.39. The fourth-order valence-electron chi connectivity index (χ4n) is 4.01. The number of hydrogen-bond acceptors (Lipinski definition) is 3. The van der Waals surface area contributed by atoms with E-state index < -0.39 is 0 Å². The van der Waals surface area contributed by atoms with Crippen LogP contribution in [-0.2, 0) is 4.79 Å². The van der Waals surface area contributed by atoms with E-state index in [2.05, 4.69) is 73.1 Å². The number of hydrogen-bond donors (Lipinski definition) is 2.